The lowest BCUT2D eigenvalue weighted by Crippen LogP contribution is -2.49. The lowest BCUT2D eigenvalue weighted by atomic mass is 10.2. The Bertz CT molecular complexity index is 591. The van der Waals surface area contributed by atoms with Gasteiger partial charge < -0.3 is 9.88 Å². The van der Waals surface area contributed by atoms with Gasteiger partial charge in [0.15, 0.2) is 0 Å². The van der Waals surface area contributed by atoms with Crippen LogP contribution in [0.5, 0.6) is 0 Å². The first-order valence-corrected chi connectivity index (χ1v) is 7.73. The molecule has 1 amide bonds. The van der Waals surface area contributed by atoms with Gasteiger partial charge in [-0.05, 0) is 18.1 Å². The average Bonchev–Trinajstić information content (AvgIpc) is 2.90. The maximum Gasteiger partial charge on any atom is 0.270 e. The van der Waals surface area contributed by atoms with Crippen molar-refractivity contribution < 1.29 is 4.79 Å². The van der Waals surface area contributed by atoms with Gasteiger partial charge in [-0.25, -0.2) is 0 Å². The first-order chi connectivity index (χ1) is 10.1. The molecule has 1 aliphatic heterocycles. The van der Waals surface area contributed by atoms with Crippen LogP contribution in [0.2, 0.25) is 0 Å². The highest BCUT2D eigenvalue weighted by atomic mass is 16.2. The molecular formula is C17H23N3O. The second-order valence-electron chi connectivity index (χ2n) is 6.26. The summed E-state index contributed by atoms with van der Waals surface area (Å²) in [5.41, 5.74) is 1.73. The Morgan fingerprint density at radius 3 is 2.57 bits per heavy atom. The van der Waals surface area contributed by atoms with Crippen molar-refractivity contribution in [1.82, 2.24) is 14.8 Å². The normalized spacial score (nSPS) is 16.8. The van der Waals surface area contributed by atoms with Crippen molar-refractivity contribution in [2.75, 3.05) is 32.7 Å². The molecule has 2 heterocycles. The number of aromatic amines is 1. The van der Waals surface area contributed by atoms with Gasteiger partial charge in [0, 0.05) is 43.6 Å². The van der Waals surface area contributed by atoms with Gasteiger partial charge in [0.05, 0.1) is 0 Å². The second kappa shape index (κ2) is 5.90. The minimum atomic E-state index is 0.121. The first kappa shape index (κ1) is 14.1. The standard InChI is InChI=1S/C17H23N3O/c1-13(2)12-19-7-9-20(10-8-19)17(21)16-11-14-5-3-4-6-15(14)18-16/h3-6,11,13,18H,7-10,12H2,1-2H3. The highest BCUT2D eigenvalue weighted by molar-refractivity contribution is 5.98. The van der Waals surface area contributed by atoms with Crippen molar-refractivity contribution in [3.05, 3.63) is 36.0 Å². The van der Waals surface area contributed by atoms with E-state index in [-0.39, 0.29) is 5.91 Å². The molecule has 2 aromatic rings. The number of rotatable bonds is 3. The Labute approximate surface area is 125 Å². The predicted molar refractivity (Wildman–Crippen MR) is 85.5 cm³/mol. The molecule has 0 radical (unpaired) electrons. The van der Waals surface area contributed by atoms with Crippen molar-refractivity contribution in [2.45, 2.75) is 13.8 Å². The Balaban J connectivity index is 1.66. The molecule has 0 bridgehead atoms. The number of H-pyrrole nitrogens is 1. The first-order valence-electron chi connectivity index (χ1n) is 7.73. The fourth-order valence-corrected chi connectivity index (χ4v) is 3.01. The molecule has 1 saturated heterocycles. The van der Waals surface area contributed by atoms with E-state index in [1.165, 1.54) is 0 Å². The lowest BCUT2D eigenvalue weighted by Gasteiger charge is -2.35. The summed E-state index contributed by atoms with van der Waals surface area (Å²) < 4.78 is 0. The van der Waals surface area contributed by atoms with Crippen molar-refractivity contribution in [3.63, 3.8) is 0 Å². The Hall–Kier alpha value is -1.81. The third kappa shape index (κ3) is 3.10. The molecule has 0 aliphatic carbocycles. The summed E-state index contributed by atoms with van der Waals surface area (Å²) in [5.74, 6) is 0.802. The van der Waals surface area contributed by atoms with Crippen molar-refractivity contribution in [2.24, 2.45) is 5.92 Å². The molecule has 1 aromatic carbocycles. The number of hydrogen-bond acceptors (Lipinski definition) is 2. The van der Waals surface area contributed by atoms with E-state index < -0.39 is 0 Å². The van der Waals surface area contributed by atoms with Gasteiger partial charge in [0.25, 0.3) is 5.91 Å². The number of amides is 1. The van der Waals surface area contributed by atoms with E-state index in [1.807, 2.05) is 35.2 Å². The van der Waals surface area contributed by atoms with Crippen LogP contribution in [0.4, 0.5) is 0 Å². The quantitative estimate of drug-likeness (QED) is 0.941. The van der Waals surface area contributed by atoms with Crippen LogP contribution in [0.3, 0.4) is 0 Å². The Morgan fingerprint density at radius 2 is 1.90 bits per heavy atom. The number of para-hydroxylation sites is 1. The Morgan fingerprint density at radius 1 is 1.19 bits per heavy atom. The fourth-order valence-electron chi connectivity index (χ4n) is 3.01. The van der Waals surface area contributed by atoms with Crippen LogP contribution in [-0.2, 0) is 0 Å². The molecule has 0 atom stereocenters. The van der Waals surface area contributed by atoms with E-state index in [0.29, 0.717) is 11.6 Å². The molecule has 1 aromatic heterocycles. The molecule has 1 N–H and O–H groups in total. The summed E-state index contributed by atoms with van der Waals surface area (Å²) in [7, 11) is 0. The van der Waals surface area contributed by atoms with E-state index in [1.54, 1.807) is 0 Å². The smallest absolute Gasteiger partial charge is 0.270 e. The SMILES string of the molecule is CC(C)CN1CCN(C(=O)c2cc3ccccc3[nH]2)CC1. The second-order valence-corrected chi connectivity index (χ2v) is 6.26. The molecule has 0 unspecified atom stereocenters. The van der Waals surface area contributed by atoms with Crippen LogP contribution < -0.4 is 0 Å². The summed E-state index contributed by atoms with van der Waals surface area (Å²) in [6.45, 7) is 9.19. The molecule has 1 aliphatic rings. The van der Waals surface area contributed by atoms with E-state index in [2.05, 4.69) is 23.7 Å². The maximum atomic E-state index is 12.6. The lowest BCUT2D eigenvalue weighted by molar-refractivity contribution is 0.0619. The monoisotopic (exact) mass is 285 g/mol. The van der Waals surface area contributed by atoms with Gasteiger partial charge in [0.2, 0.25) is 0 Å². The molecule has 112 valence electrons. The van der Waals surface area contributed by atoms with Crippen LogP contribution in [0.25, 0.3) is 10.9 Å². The van der Waals surface area contributed by atoms with Gasteiger partial charge in [-0.15, -0.1) is 0 Å². The number of carbonyl (C=O) groups excluding carboxylic acids is 1. The number of piperazine rings is 1. The summed E-state index contributed by atoms with van der Waals surface area (Å²) >= 11 is 0. The summed E-state index contributed by atoms with van der Waals surface area (Å²) in [6, 6.07) is 9.97. The van der Waals surface area contributed by atoms with Gasteiger partial charge in [0.1, 0.15) is 5.69 Å². The van der Waals surface area contributed by atoms with Gasteiger partial charge in [-0.3, -0.25) is 9.69 Å². The number of benzene rings is 1. The van der Waals surface area contributed by atoms with Crippen molar-refractivity contribution in [1.29, 1.82) is 0 Å². The molecule has 4 nitrogen and oxygen atoms in total. The molecule has 4 heteroatoms. The molecular weight excluding hydrogens is 262 g/mol. The number of nitrogens with zero attached hydrogens (tertiary/aromatic N) is 2. The van der Waals surface area contributed by atoms with Crippen molar-refractivity contribution in [3.8, 4) is 0 Å². The van der Waals surface area contributed by atoms with Crippen molar-refractivity contribution >= 4 is 16.8 Å². The highest BCUT2D eigenvalue weighted by Crippen LogP contribution is 2.17. The zero-order valence-corrected chi connectivity index (χ0v) is 12.8. The van der Waals surface area contributed by atoms with Crippen LogP contribution in [0, 0.1) is 5.92 Å². The molecule has 21 heavy (non-hydrogen) atoms. The molecule has 3 rings (SSSR count). The third-order valence-electron chi connectivity index (χ3n) is 4.04. The highest BCUT2D eigenvalue weighted by Gasteiger charge is 2.23. The minimum Gasteiger partial charge on any atom is -0.351 e. The fraction of sp³-hybridized carbons (Fsp3) is 0.471. The molecule has 1 fully saturated rings. The topological polar surface area (TPSA) is 39.3 Å². The van der Waals surface area contributed by atoms with E-state index in [9.17, 15) is 4.79 Å². The van der Waals surface area contributed by atoms with Gasteiger partial charge in [-0.1, -0.05) is 32.0 Å². The third-order valence-corrected chi connectivity index (χ3v) is 4.04. The number of aromatic nitrogens is 1. The van der Waals surface area contributed by atoms with E-state index in [4.69, 9.17) is 0 Å². The van der Waals surface area contributed by atoms with Gasteiger partial charge >= 0.3 is 0 Å². The Kier molecular flexibility index (Phi) is 3.97. The number of carbonyl (C=O) groups is 1. The van der Waals surface area contributed by atoms with Gasteiger partial charge in [-0.2, -0.15) is 0 Å². The molecule has 0 spiro atoms. The van der Waals surface area contributed by atoms with Crippen LogP contribution >= 0.6 is 0 Å². The number of hydrogen-bond donors (Lipinski definition) is 1. The largest absolute Gasteiger partial charge is 0.351 e. The molecule has 0 saturated carbocycles. The average molecular weight is 285 g/mol. The summed E-state index contributed by atoms with van der Waals surface area (Å²) in [6.07, 6.45) is 0. The zero-order chi connectivity index (χ0) is 14.8. The number of nitrogens with one attached hydrogen (secondary N) is 1. The predicted octanol–water partition coefficient (Wildman–Crippen LogP) is 2.58. The van der Waals surface area contributed by atoms with E-state index in [0.717, 1.165) is 43.6 Å². The zero-order valence-electron chi connectivity index (χ0n) is 12.8. The maximum absolute atomic E-state index is 12.6. The summed E-state index contributed by atoms with van der Waals surface area (Å²) in [5, 5.41) is 1.10. The van der Waals surface area contributed by atoms with Crippen LogP contribution in [0.1, 0.15) is 24.3 Å². The van der Waals surface area contributed by atoms with E-state index >= 15 is 0 Å². The number of fused-ring (bicyclic) bond motifs is 1. The van der Waals surface area contributed by atoms with Crippen LogP contribution in [0.15, 0.2) is 30.3 Å². The summed E-state index contributed by atoms with van der Waals surface area (Å²) in [4.78, 5) is 20.2. The van der Waals surface area contributed by atoms with Crippen LogP contribution in [-0.4, -0.2) is 53.4 Å². The minimum absolute atomic E-state index is 0.121.